The Labute approximate surface area is 78.6 Å². The summed E-state index contributed by atoms with van der Waals surface area (Å²) in [5.74, 6) is 1.67. The molecule has 1 aliphatic carbocycles. The van der Waals surface area contributed by atoms with Crippen molar-refractivity contribution in [2.75, 3.05) is 11.9 Å². The summed E-state index contributed by atoms with van der Waals surface area (Å²) in [6.45, 7) is 3.14. The Balaban J connectivity index is 2.12. The molecule has 1 aliphatic rings. The first kappa shape index (κ1) is 8.48. The molecule has 1 aromatic heterocycles. The average molecular weight is 177 g/mol. The second-order valence-corrected chi connectivity index (χ2v) is 3.49. The molecule has 1 aromatic rings. The van der Waals surface area contributed by atoms with Gasteiger partial charge in [0.15, 0.2) is 0 Å². The molecular formula is C10H15N3. The monoisotopic (exact) mass is 177 g/mol. The van der Waals surface area contributed by atoms with Crippen molar-refractivity contribution in [3.8, 4) is 0 Å². The maximum atomic E-state index is 4.37. The molecule has 0 aromatic carbocycles. The largest absolute Gasteiger partial charge is 0.369 e. The van der Waals surface area contributed by atoms with Crippen LogP contribution in [0.3, 0.4) is 0 Å². The molecule has 0 unspecified atom stereocenters. The van der Waals surface area contributed by atoms with Crippen molar-refractivity contribution < 1.29 is 0 Å². The van der Waals surface area contributed by atoms with Gasteiger partial charge in [-0.2, -0.15) is 0 Å². The predicted octanol–water partition coefficient (Wildman–Crippen LogP) is 2.18. The Hall–Kier alpha value is -1.12. The SMILES string of the molecule is CCCNc1nccnc1C1CC1. The quantitative estimate of drug-likeness (QED) is 0.766. The van der Waals surface area contributed by atoms with Crippen molar-refractivity contribution in [3.63, 3.8) is 0 Å². The van der Waals surface area contributed by atoms with E-state index in [2.05, 4.69) is 22.2 Å². The van der Waals surface area contributed by atoms with Crippen molar-refractivity contribution in [1.29, 1.82) is 0 Å². The van der Waals surface area contributed by atoms with E-state index in [9.17, 15) is 0 Å². The summed E-state index contributed by atoms with van der Waals surface area (Å²) < 4.78 is 0. The van der Waals surface area contributed by atoms with Crippen molar-refractivity contribution in [3.05, 3.63) is 18.1 Å². The van der Waals surface area contributed by atoms with E-state index in [0.717, 1.165) is 24.5 Å². The van der Waals surface area contributed by atoms with Crippen LogP contribution in [0, 0.1) is 0 Å². The second-order valence-electron chi connectivity index (χ2n) is 3.49. The molecule has 0 aliphatic heterocycles. The van der Waals surface area contributed by atoms with Gasteiger partial charge in [-0.1, -0.05) is 6.92 Å². The van der Waals surface area contributed by atoms with Crippen LogP contribution in [0.1, 0.15) is 37.8 Å². The van der Waals surface area contributed by atoms with Crippen LogP contribution in [0.4, 0.5) is 5.82 Å². The predicted molar refractivity (Wildman–Crippen MR) is 52.8 cm³/mol. The van der Waals surface area contributed by atoms with Crippen molar-refractivity contribution in [2.24, 2.45) is 0 Å². The molecule has 0 saturated heterocycles. The minimum absolute atomic E-state index is 0.674. The molecule has 3 heteroatoms. The summed E-state index contributed by atoms with van der Waals surface area (Å²) in [6.07, 6.45) is 7.22. The van der Waals surface area contributed by atoms with Crippen molar-refractivity contribution in [1.82, 2.24) is 9.97 Å². The first-order valence-electron chi connectivity index (χ1n) is 4.96. The first-order valence-corrected chi connectivity index (χ1v) is 4.96. The molecule has 1 saturated carbocycles. The van der Waals surface area contributed by atoms with Gasteiger partial charge >= 0.3 is 0 Å². The Kier molecular flexibility index (Phi) is 2.43. The van der Waals surface area contributed by atoms with Gasteiger partial charge in [0.2, 0.25) is 0 Å². The van der Waals surface area contributed by atoms with Crippen LogP contribution in [0.15, 0.2) is 12.4 Å². The molecular weight excluding hydrogens is 162 g/mol. The fourth-order valence-corrected chi connectivity index (χ4v) is 1.38. The zero-order valence-corrected chi connectivity index (χ0v) is 7.95. The maximum absolute atomic E-state index is 4.37. The maximum Gasteiger partial charge on any atom is 0.148 e. The Morgan fingerprint density at radius 1 is 1.38 bits per heavy atom. The summed E-state index contributed by atoms with van der Waals surface area (Å²) >= 11 is 0. The van der Waals surface area contributed by atoms with E-state index in [1.54, 1.807) is 12.4 Å². The number of nitrogens with zero attached hydrogens (tertiary/aromatic N) is 2. The third kappa shape index (κ3) is 1.97. The van der Waals surface area contributed by atoms with Gasteiger partial charge in [-0.05, 0) is 19.3 Å². The molecule has 1 heterocycles. The van der Waals surface area contributed by atoms with Gasteiger partial charge in [-0.3, -0.25) is 4.98 Å². The minimum atomic E-state index is 0.674. The molecule has 0 bridgehead atoms. The number of aromatic nitrogens is 2. The molecule has 3 nitrogen and oxygen atoms in total. The van der Waals surface area contributed by atoms with Crippen LogP contribution in [0.5, 0.6) is 0 Å². The van der Waals surface area contributed by atoms with E-state index < -0.39 is 0 Å². The standard InChI is InChI=1S/C10H15N3/c1-2-5-12-10-9(8-3-4-8)11-6-7-13-10/h6-8H,2-5H2,1H3,(H,12,13). The number of hydrogen-bond acceptors (Lipinski definition) is 3. The summed E-state index contributed by atoms with van der Waals surface area (Å²) in [6, 6.07) is 0. The molecule has 0 amide bonds. The first-order chi connectivity index (χ1) is 6.42. The van der Waals surface area contributed by atoms with Crippen molar-refractivity contribution >= 4 is 5.82 Å². The van der Waals surface area contributed by atoms with Crippen LogP contribution < -0.4 is 5.32 Å². The second kappa shape index (κ2) is 3.73. The van der Waals surface area contributed by atoms with Gasteiger partial charge in [0, 0.05) is 24.9 Å². The molecule has 1 N–H and O–H groups in total. The third-order valence-electron chi connectivity index (χ3n) is 2.23. The molecule has 70 valence electrons. The molecule has 2 rings (SSSR count). The van der Waals surface area contributed by atoms with Crippen LogP contribution in [-0.2, 0) is 0 Å². The van der Waals surface area contributed by atoms with Crippen LogP contribution in [-0.4, -0.2) is 16.5 Å². The lowest BCUT2D eigenvalue weighted by molar-refractivity contribution is 0.931. The fraction of sp³-hybridized carbons (Fsp3) is 0.600. The van der Waals surface area contributed by atoms with E-state index in [1.165, 1.54) is 12.8 Å². The molecule has 0 radical (unpaired) electrons. The third-order valence-corrected chi connectivity index (χ3v) is 2.23. The van der Waals surface area contributed by atoms with Crippen LogP contribution in [0.25, 0.3) is 0 Å². The summed E-state index contributed by atoms with van der Waals surface area (Å²) in [7, 11) is 0. The van der Waals surface area contributed by atoms with Crippen LogP contribution >= 0.6 is 0 Å². The molecule has 1 fully saturated rings. The van der Waals surface area contributed by atoms with Gasteiger partial charge in [0.05, 0.1) is 5.69 Å². The highest BCUT2D eigenvalue weighted by atomic mass is 15.0. The van der Waals surface area contributed by atoms with Crippen LogP contribution in [0.2, 0.25) is 0 Å². The highest BCUT2D eigenvalue weighted by molar-refractivity contribution is 5.43. The zero-order valence-electron chi connectivity index (χ0n) is 7.95. The van der Waals surface area contributed by atoms with E-state index >= 15 is 0 Å². The van der Waals surface area contributed by atoms with Gasteiger partial charge in [-0.15, -0.1) is 0 Å². The molecule has 13 heavy (non-hydrogen) atoms. The van der Waals surface area contributed by atoms with Gasteiger partial charge in [-0.25, -0.2) is 4.98 Å². The molecule has 0 atom stereocenters. The van der Waals surface area contributed by atoms with E-state index in [4.69, 9.17) is 0 Å². The minimum Gasteiger partial charge on any atom is -0.369 e. The summed E-state index contributed by atoms with van der Waals surface area (Å²) in [5.41, 5.74) is 1.16. The van der Waals surface area contributed by atoms with Gasteiger partial charge in [0.1, 0.15) is 5.82 Å². The number of anilines is 1. The Morgan fingerprint density at radius 3 is 2.85 bits per heavy atom. The molecule has 0 spiro atoms. The number of nitrogens with one attached hydrogen (secondary N) is 1. The van der Waals surface area contributed by atoms with Gasteiger partial charge in [0.25, 0.3) is 0 Å². The Bertz CT molecular complexity index is 281. The zero-order chi connectivity index (χ0) is 9.10. The summed E-state index contributed by atoms with van der Waals surface area (Å²) in [5, 5.41) is 3.31. The smallest absolute Gasteiger partial charge is 0.148 e. The van der Waals surface area contributed by atoms with E-state index in [0.29, 0.717) is 5.92 Å². The fourth-order valence-electron chi connectivity index (χ4n) is 1.38. The van der Waals surface area contributed by atoms with E-state index in [1.807, 2.05) is 0 Å². The van der Waals surface area contributed by atoms with Crippen molar-refractivity contribution in [2.45, 2.75) is 32.1 Å². The van der Waals surface area contributed by atoms with E-state index in [-0.39, 0.29) is 0 Å². The lowest BCUT2D eigenvalue weighted by Gasteiger charge is -2.07. The average Bonchev–Trinajstić information content (AvgIpc) is 2.98. The highest BCUT2D eigenvalue weighted by Crippen LogP contribution is 2.41. The lowest BCUT2D eigenvalue weighted by atomic mass is 10.3. The number of rotatable bonds is 4. The van der Waals surface area contributed by atoms with Gasteiger partial charge < -0.3 is 5.32 Å². The normalized spacial score (nSPS) is 15.8. The topological polar surface area (TPSA) is 37.8 Å². The number of hydrogen-bond donors (Lipinski definition) is 1. The summed E-state index contributed by atoms with van der Waals surface area (Å²) in [4.78, 5) is 8.67. The highest BCUT2D eigenvalue weighted by Gasteiger charge is 2.27. The lowest BCUT2D eigenvalue weighted by Crippen LogP contribution is -2.05. The Morgan fingerprint density at radius 2 is 2.15 bits per heavy atom.